The fourth-order valence-corrected chi connectivity index (χ4v) is 5.69. The largest absolute Gasteiger partial charge is 0.342 e. The van der Waals surface area contributed by atoms with Crippen LogP contribution in [0.15, 0.2) is 9.95 Å². The summed E-state index contributed by atoms with van der Waals surface area (Å²) in [5.74, 6) is 0.454. The minimum Gasteiger partial charge on any atom is -0.342 e. The molecule has 0 radical (unpaired) electrons. The predicted octanol–water partition coefficient (Wildman–Crippen LogP) is 3.61. The maximum absolute atomic E-state index is 12.9. The summed E-state index contributed by atoms with van der Waals surface area (Å²) in [4.78, 5) is 34.2. The zero-order valence-corrected chi connectivity index (χ0v) is 17.5. The molecular weight excluding hydrogens is 366 g/mol. The van der Waals surface area contributed by atoms with Crippen molar-refractivity contribution in [2.24, 2.45) is 7.05 Å². The summed E-state index contributed by atoms with van der Waals surface area (Å²) in [6, 6.07) is 0. The number of amides is 1. The summed E-state index contributed by atoms with van der Waals surface area (Å²) < 4.78 is 1.62. The van der Waals surface area contributed by atoms with Crippen LogP contribution in [0.5, 0.6) is 0 Å². The molecule has 2 aromatic rings. The van der Waals surface area contributed by atoms with Gasteiger partial charge in [-0.15, -0.1) is 11.3 Å². The quantitative estimate of drug-likeness (QED) is 0.533. The second kappa shape index (κ2) is 8.57. The van der Waals surface area contributed by atoms with Crippen molar-refractivity contribution in [1.82, 2.24) is 14.5 Å². The van der Waals surface area contributed by atoms with E-state index in [-0.39, 0.29) is 11.5 Å². The molecule has 0 unspecified atom stereocenters. The normalized spacial score (nSPS) is 13.8. The molecule has 0 aliphatic heterocycles. The highest BCUT2D eigenvalue weighted by Crippen LogP contribution is 2.34. The fourth-order valence-electron chi connectivity index (χ4n) is 3.51. The predicted molar refractivity (Wildman–Crippen MR) is 109 cm³/mol. The molecule has 1 aliphatic rings. The van der Waals surface area contributed by atoms with E-state index in [0.29, 0.717) is 10.9 Å². The molecule has 0 bridgehead atoms. The van der Waals surface area contributed by atoms with E-state index < -0.39 is 0 Å². The van der Waals surface area contributed by atoms with Crippen molar-refractivity contribution < 1.29 is 4.79 Å². The molecule has 0 saturated carbocycles. The van der Waals surface area contributed by atoms with Crippen LogP contribution < -0.4 is 5.56 Å². The number of rotatable bonds is 7. The van der Waals surface area contributed by atoms with E-state index in [1.807, 2.05) is 4.90 Å². The molecule has 3 rings (SSSR count). The second-order valence-electron chi connectivity index (χ2n) is 6.82. The third kappa shape index (κ3) is 3.83. The molecule has 0 spiro atoms. The summed E-state index contributed by atoms with van der Waals surface area (Å²) >= 11 is 3.04. The van der Waals surface area contributed by atoms with Gasteiger partial charge in [-0.2, -0.15) is 0 Å². The monoisotopic (exact) mass is 393 g/mol. The number of aryl methyl sites for hydroxylation is 2. The second-order valence-corrected chi connectivity index (χ2v) is 8.85. The molecule has 0 saturated heterocycles. The number of fused-ring (bicyclic) bond motifs is 3. The average molecular weight is 394 g/mol. The van der Waals surface area contributed by atoms with Crippen LogP contribution >= 0.6 is 23.1 Å². The summed E-state index contributed by atoms with van der Waals surface area (Å²) in [7, 11) is 1.77. The highest BCUT2D eigenvalue weighted by molar-refractivity contribution is 7.99. The molecule has 2 heterocycles. The third-order valence-electron chi connectivity index (χ3n) is 4.82. The minimum absolute atomic E-state index is 0.0309. The molecule has 0 aromatic carbocycles. The minimum atomic E-state index is 0.0309. The third-order valence-corrected chi connectivity index (χ3v) is 7.02. The Morgan fingerprint density at radius 2 is 1.92 bits per heavy atom. The Balaban J connectivity index is 1.83. The van der Waals surface area contributed by atoms with Crippen molar-refractivity contribution in [3.8, 4) is 0 Å². The van der Waals surface area contributed by atoms with E-state index >= 15 is 0 Å². The van der Waals surface area contributed by atoms with Crippen LogP contribution in [-0.4, -0.2) is 39.2 Å². The smallest absolute Gasteiger partial charge is 0.262 e. The van der Waals surface area contributed by atoms with Crippen LogP contribution in [0.4, 0.5) is 0 Å². The van der Waals surface area contributed by atoms with Gasteiger partial charge in [-0.3, -0.25) is 14.2 Å². The number of nitrogens with zero attached hydrogens (tertiary/aromatic N) is 3. The topological polar surface area (TPSA) is 55.2 Å². The zero-order chi connectivity index (χ0) is 18.7. The highest BCUT2D eigenvalue weighted by Gasteiger charge is 2.22. The lowest BCUT2D eigenvalue weighted by Gasteiger charge is -2.21. The van der Waals surface area contributed by atoms with Crippen LogP contribution in [0, 0.1) is 0 Å². The number of thiophene rings is 1. The molecule has 1 amide bonds. The van der Waals surface area contributed by atoms with Crippen LogP contribution in [0.3, 0.4) is 0 Å². The molecule has 5 nitrogen and oxygen atoms in total. The Hall–Kier alpha value is -1.34. The van der Waals surface area contributed by atoms with Crippen molar-refractivity contribution in [2.75, 3.05) is 18.8 Å². The zero-order valence-electron chi connectivity index (χ0n) is 15.8. The van der Waals surface area contributed by atoms with Gasteiger partial charge in [-0.1, -0.05) is 25.6 Å². The van der Waals surface area contributed by atoms with Gasteiger partial charge < -0.3 is 4.90 Å². The maximum Gasteiger partial charge on any atom is 0.262 e. The Kier molecular flexibility index (Phi) is 6.40. The van der Waals surface area contributed by atoms with Crippen LogP contribution in [-0.2, 0) is 24.7 Å². The number of aromatic nitrogens is 2. The maximum atomic E-state index is 12.9. The Labute approximate surface area is 162 Å². The first-order valence-corrected chi connectivity index (χ1v) is 11.3. The molecule has 7 heteroatoms. The van der Waals surface area contributed by atoms with Gasteiger partial charge in [0.1, 0.15) is 4.83 Å². The van der Waals surface area contributed by atoms with Crippen molar-refractivity contribution in [1.29, 1.82) is 0 Å². The van der Waals surface area contributed by atoms with Gasteiger partial charge in [0, 0.05) is 25.0 Å². The lowest BCUT2D eigenvalue weighted by molar-refractivity contribution is -0.128. The average Bonchev–Trinajstić information content (AvgIpc) is 3.01. The van der Waals surface area contributed by atoms with Gasteiger partial charge in [-0.25, -0.2) is 4.98 Å². The van der Waals surface area contributed by atoms with E-state index in [4.69, 9.17) is 4.98 Å². The first-order valence-electron chi connectivity index (χ1n) is 9.48. The van der Waals surface area contributed by atoms with E-state index in [0.717, 1.165) is 55.4 Å². The van der Waals surface area contributed by atoms with E-state index in [9.17, 15) is 9.59 Å². The summed E-state index contributed by atoms with van der Waals surface area (Å²) in [6.45, 7) is 5.74. The van der Waals surface area contributed by atoms with Gasteiger partial charge in [0.2, 0.25) is 5.91 Å². The van der Waals surface area contributed by atoms with Gasteiger partial charge in [0.15, 0.2) is 5.16 Å². The van der Waals surface area contributed by atoms with Gasteiger partial charge >= 0.3 is 0 Å². The number of carbonyl (C=O) groups is 1. The number of hydrogen-bond donors (Lipinski definition) is 0. The molecule has 0 atom stereocenters. The molecule has 1 aliphatic carbocycles. The first kappa shape index (κ1) is 19.4. The SMILES string of the molecule is CCCN(CCC)C(=O)CSc1nc2sc3c(c2c(=O)n1C)CCCC3. The van der Waals surface area contributed by atoms with Crippen molar-refractivity contribution in [3.63, 3.8) is 0 Å². The summed E-state index contributed by atoms with van der Waals surface area (Å²) in [6.07, 6.45) is 6.31. The molecule has 142 valence electrons. The van der Waals surface area contributed by atoms with E-state index in [1.54, 1.807) is 23.0 Å². The molecular formula is C19H27N3O2S2. The van der Waals surface area contributed by atoms with Crippen molar-refractivity contribution in [2.45, 2.75) is 57.5 Å². The highest BCUT2D eigenvalue weighted by atomic mass is 32.2. The molecule has 26 heavy (non-hydrogen) atoms. The van der Waals surface area contributed by atoms with E-state index in [1.165, 1.54) is 28.6 Å². The van der Waals surface area contributed by atoms with Gasteiger partial charge in [0.05, 0.1) is 11.1 Å². The fraction of sp³-hybridized carbons (Fsp3) is 0.632. The van der Waals surface area contributed by atoms with Gasteiger partial charge in [0.25, 0.3) is 5.56 Å². The lowest BCUT2D eigenvalue weighted by Crippen LogP contribution is -2.34. The number of thioether (sulfide) groups is 1. The van der Waals surface area contributed by atoms with Crippen LogP contribution in [0.25, 0.3) is 10.2 Å². The first-order chi connectivity index (χ1) is 12.6. The Morgan fingerprint density at radius 3 is 2.62 bits per heavy atom. The molecule has 2 aromatic heterocycles. The Morgan fingerprint density at radius 1 is 1.23 bits per heavy atom. The van der Waals surface area contributed by atoms with Crippen LogP contribution in [0.1, 0.15) is 50.0 Å². The molecule has 0 N–H and O–H groups in total. The number of carbonyl (C=O) groups excluding carboxylic acids is 1. The standard InChI is InChI=1S/C19H27N3O2S2/c1-4-10-22(11-5-2)15(23)12-25-19-20-17-16(18(24)21(19)3)13-8-6-7-9-14(13)26-17/h4-12H2,1-3H3. The summed E-state index contributed by atoms with van der Waals surface area (Å²) in [5, 5.41) is 1.45. The summed E-state index contributed by atoms with van der Waals surface area (Å²) in [5.41, 5.74) is 1.25. The van der Waals surface area contributed by atoms with Crippen LogP contribution in [0.2, 0.25) is 0 Å². The lowest BCUT2D eigenvalue weighted by atomic mass is 9.97. The van der Waals surface area contributed by atoms with Gasteiger partial charge in [-0.05, 0) is 44.1 Å². The van der Waals surface area contributed by atoms with E-state index in [2.05, 4.69) is 13.8 Å². The molecule has 0 fully saturated rings. The number of hydrogen-bond acceptors (Lipinski definition) is 5. The Bertz CT molecular complexity index is 851. The van der Waals surface area contributed by atoms with Crippen molar-refractivity contribution >= 4 is 39.2 Å². The van der Waals surface area contributed by atoms with Crippen molar-refractivity contribution in [3.05, 3.63) is 20.8 Å².